The lowest BCUT2D eigenvalue weighted by molar-refractivity contribution is -0.149. The highest BCUT2D eigenvalue weighted by molar-refractivity contribution is 7.98. The van der Waals surface area contributed by atoms with Gasteiger partial charge in [-0.2, -0.15) is 11.8 Å². The minimum absolute atomic E-state index is 0.0225. The van der Waals surface area contributed by atoms with E-state index in [1.807, 2.05) is 13.3 Å². The second-order valence-corrected chi connectivity index (χ2v) is 6.67. The number of nitrogens with zero attached hydrogens (tertiary/aromatic N) is 1. The summed E-state index contributed by atoms with van der Waals surface area (Å²) in [7, 11) is 1.82. The Hall–Kier alpha value is -0.710. The van der Waals surface area contributed by atoms with Crippen LogP contribution in [0.3, 0.4) is 0 Å². The summed E-state index contributed by atoms with van der Waals surface area (Å²) >= 11 is 1.72. The van der Waals surface area contributed by atoms with Crippen LogP contribution in [0.2, 0.25) is 0 Å². The Morgan fingerprint density at radius 3 is 2.35 bits per heavy atom. The molecule has 4 atom stereocenters. The Labute approximate surface area is 126 Å². The Morgan fingerprint density at radius 2 is 1.90 bits per heavy atom. The van der Waals surface area contributed by atoms with E-state index in [4.69, 9.17) is 0 Å². The minimum Gasteiger partial charge on any atom is -0.481 e. The largest absolute Gasteiger partial charge is 0.481 e. The molecule has 1 aliphatic carbocycles. The van der Waals surface area contributed by atoms with Gasteiger partial charge in [-0.1, -0.05) is 20.3 Å². The van der Waals surface area contributed by atoms with Gasteiger partial charge in [-0.3, -0.25) is 9.59 Å². The van der Waals surface area contributed by atoms with E-state index in [-0.39, 0.29) is 17.9 Å². The Kier molecular flexibility index (Phi) is 6.86. The molecule has 0 heterocycles. The van der Waals surface area contributed by atoms with Crippen molar-refractivity contribution in [2.24, 2.45) is 17.8 Å². The molecule has 1 fully saturated rings. The van der Waals surface area contributed by atoms with Crippen LogP contribution in [0.5, 0.6) is 0 Å². The van der Waals surface area contributed by atoms with Crippen LogP contribution < -0.4 is 0 Å². The van der Waals surface area contributed by atoms with Crippen LogP contribution >= 0.6 is 11.8 Å². The number of aliphatic carboxylic acids is 1. The fourth-order valence-electron chi connectivity index (χ4n) is 3.16. The van der Waals surface area contributed by atoms with Gasteiger partial charge in [0.1, 0.15) is 0 Å². The molecule has 0 spiro atoms. The van der Waals surface area contributed by atoms with Crippen molar-refractivity contribution in [3.8, 4) is 0 Å². The van der Waals surface area contributed by atoms with Crippen molar-refractivity contribution in [2.45, 2.75) is 45.6 Å². The number of carbonyl (C=O) groups is 2. The maximum atomic E-state index is 12.7. The number of amides is 1. The summed E-state index contributed by atoms with van der Waals surface area (Å²) in [6, 6.07) is 0.202. The third-order valence-corrected chi connectivity index (χ3v) is 5.32. The third-order valence-electron chi connectivity index (χ3n) is 4.60. The van der Waals surface area contributed by atoms with E-state index in [0.29, 0.717) is 12.3 Å². The van der Waals surface area contributed by atoms with E-state index in [2.05, 4.69) is 13.8 Å². The van der Waals surface area contributed by atoms with Crippen molar-refractivity contribution in [1.29, 1.82) is 0 Å². The van der Waals surface area contributed by atoms with Gasteiger partial charge in [-0.15, -0.1) is 0 Å². The molecular weight excluding hydrogens is 274 g/mol. The molecule has 0 aromatic heterocycles. The van der Waals surface area contributed by atoms with Crippen LogP contribution in [0, 0.1) is 17.8 Å². The maximum Gasteiger partial charge on any atom is 0.307 e. The van der Waals surface area contributed by atoms with Gasteiger partial charge < -0.3 is 10.0 Å². The van der Waals surface area contributed by atoms with E-state index in [1.165, 1.54) is 0 Å². The van der Waals surface area contributed by atoms with E-state index >= 15 is 0 Å². The molecule has 4 unspecified atom stereocenters. The number of carboxylic acid groups (broad SMARTS) is 1. The van der Waals surface area contributed by atoms with Gasteiger partial charge in [-0.25, -0.2) is 0 Å². The molecule has 1 aliphatic rings. The van der Waals surface area contributed by atoms with Crippen LogP contribution in [0.4, 0.5) is 0 Å². The smallest absolute Gasteiger partial charge is 0.307 e. The van der Waals surface area contributed by atoms with Crippen molar-refractivity contribution in [1.82, 2.24) is 4.90 Å². The highest BCUT2D eigenvalue weighted by atomic mass is 32.2. The molecule has 0 bridgehead atoms. The van der Waals surface area contributed by atoms with Crippen molar-refractivity contribution in [3.63, 3.8) is 0 Å². The molecule has 0 aromatic carbocycles. The number of carboxylic acids is 1. The van der Waals surface area contributed by atoms with Crippen LogP contribution in [0.25, 0.3) is 0 Å². The quantitative estimate of drug-likeness (QED) is 0.785. The van der Waals surface area contributed by atoms with E-state index in [1.54, 1.807) is 16.7 Å². The normalized spacial score (nSPS) is 27.3. The highest BCUT2D eigenvalue weighted by Gasteiger charge is 2.43. The van der Waals surface area contributed by atoms with Gasteiger partial charge >= 0.3 is 5.97 Å². The first-order valence-electron chi connectivity index (χ1n) is 7.44. The fourth-order valence-corrected chi connectivity index (χ4v) is 4.00. The molecule has 1 rings (SSSR count). The van der Waals surface area contributed by atoms with Gasteiger partial charge in [0.05, 0.1) is 11.8 Å². The number of rotatable bonds is 7. The first-order valence-corrected chi connectivity index (χ1v) is 8.83. The summed E-state index contributed by atoms with van der Waals surface area (Å²) in [5.74, 6) is -0.348. The van der Waals surface area contributed by atoms with Crippen molar-refractivity contribution >= 4 is 23.6 Å². The summed E-state index contributed by atoms with van der Waals surface area (Å²) in [6.07, 6.45) is 5.27. The SMILES string of the molecule is CCC1CC(C(=O)O)C(C(=O)N(C)C(CC)CSC)C1. The highest BCUT2D eigenvalue weighted by Crippen LogP contribution is 2.39. The van der Waals surface area contributed by atoms with Gasteiger partial charge in [0.15, 0.2) is 0 Å². The molecular formula is C15H27NO3S. The lowest BCUT2D eigenvalue weighted by Gasteiger charge is -2.30. The molecule has 20 heavy (non-hydrogen) atoms. The average Bonchev–Trinajstić information content (AvgIpc) is 2.87. The van der Waals surface area contributed by atoms with Crippen molar-refractivity contribution in [3.05, 3.63) is 0 Å². The van der Waals surface area contributed by atoms with Crippen LogP contribution in [-0.4, -0.2) is 47.0 Å². The minimum atomic E-state index is -0.814. The van der Waals surface area contributed by atoms with Crippen LogP contribution in [0.1, 0.15) is 39.5 Å². The topological polar surface area (TPSA) is 57.6 Å². The second-order valence-electron chi connectivity index (χ2n) is 5.76. The van der Waals surface area contributed by atoms with Crippen LogP contribution in [0.15, 0.2) is 0 Å². The summed E-state index contributed by atoms with van der Waals surface area (Å²) in [5, 5.41) is 9.35. The molecule has 116 valence electrons. The molecule has 0 radical (unpaired) electrons. The number of hydrogen-bond acceptors (Lipinski definition) is 3. The van der Waals surface area contributed by atoms with Gasteiger partial charge in [0.2, 0.25) is 5.91 Å². The summed E-state index contributed by atoms with van der Waals surface area (Å²) in [4.78, 5) is 25.8. The lowest BCUT2D eigenvalue weighted by Crippen LogP contribution is -2.43. The zero-order valence-electron chi connectivity index (χ0n) is 13.0. The molecule has 1 saturated carbocycles. The van der Waals surface area contributed by atoms with Crippen molar-refractivity contribution < 1.29 is 14.7 Å². The predicted molar refractivity (Wildman–Crippen MR) is 82.9 cm³/mol. The van der Waals surface area contributed by atoms with Crippen molar-refractivity contribution in [2.75, 3.05) is 19.1 Å². The zero-order chi connectivity index (χ0) is 15.3. The Balaban J connectivity index is 2.80. The standard InChI is InChI=1S/C15H27NO3S/c1-5-10-7-12(13(8-10)15(18)19)14(17)16(3)11(6-2)9-20-4/h10-13H,5-9H2,1-4H3,(H,18,19). The summed E-state index contributed by atoms with van der Waals surface area (Å²) < 4.78 is 0. The molecule has 5 heteroatoms. The fraction of sp³-hybridized carbons (Fsp3) is 0.867. The Morgan fingerprint density at radius 1 is 1.30 bits per heavy atom. The third kappa shape index (κ3) is 3.90. The summed E-state index contributed by atoms with van der Waals surface area (Å²) in [6.45, 7) is 4.14. The van der Waals surface area contributed by atoms with E-state index in [0.717, 1.165) is 25.0 Å². The first-order chi connectivity index (χ1) is 9.46. The molecule has 0 aliphatic heterocycles. The molecule has 4 nitrogen and oxygen atoms in total. The molecule has 0 saturated heterocycles. The average molecular weight is 301 g/mol. The monoisotopic (exact) mass is 301 g/mol. The van der Waals surface area contributed by atoms with Gasteiger partial charge in [0.25, 0.3) is 0 Å². The second kappa shape index (κ2) is 7.91. The zero-order valence-corrected chi connectivity index (χ0v) is 13.8. The molecule has 1 amide bonds. The van der Waals surface area contributed by atoms with E-state index < -0.39 is 11.9 Å². The summed E-state index contributed by atoms with van der Waals surface area (Å²) in [5.41, 5.74) is 0. The number of carbonyl (C=O) groups excluding carboxylic acids is 1. The van der Waals surface area contributed by atoms with Crippen LogP contribution in [-0.2, 0) is 9.59 Å². The Bertz CT molecular complexity index is 348. The predicted octanol–water partition coefficient (Wildman–Crippen LogP) is 2.72. The maximum absolute atomic E-state index is 12.7. The molecule has 0 aromatic rings. The number of hydrogen-bond donors (Lipinski definition) is 1. The lowest BCUT2D eigenvalue weighted by atomic mass is 9.94. The molecule has 1 N–H and O–H groups in total. The van der Waals surface area contributed by atoms with E-state index in [9.17, 15) is 14.7 Å². The first kappa shape index (κ1) is 17.3. The van der Waals surface area contributed by atoms with Gasteiger partial charge in [0, 0.05) is 18.8 Å². The number of thioether (sulfide) groups is 1. The van der Waals surface area contributed by atoms with Gasteiger partial charge in [-0.05, 0) is 31.4 Å².